The maximum absolute atomic E-state index is 4.48. The number of fused-ring (bicyclic) bond motifs is 1. The van der Waals surface area contributed by atoms with Gasteiger partial charge in [-0.1, -0.05) is 0 Å². The summed E-state index contributed by atoms with van der Waals surface area (Å²) < 4.78 is 2.01. The molecule has 0 radical (unpaired) electrons. The van der Waals surface area contributed by atoms with Gasteiger partial charge in [-0.25, -0.2) is 9.97 Å². The standard InChI is InChI=1S/C14H18N6/c1-9-6-11(3)20(19-9)7-10(2)18-14-13-12(4-5-15-13)16-8-17-14/h4-6,8,10,15H,7H2,1-3H3,(H,16,17,18). The van der Waals surface area contributed by atoms with Gasteiger partial charge in [0.15, 0.2) is 5.82 Å². The highest BCUT2D eigenvalue weighted by Gasteiger charge is 2.10. The number of nitrogens with zero attached hydrogens (tertiary/aromatic N) is 4. The topological polar surface area (TPSA) is 71.4 Å². The van der Waals surface area contributed by atoms with Crippen molar-refractivity contribution < 1.29 is 0 Å². The van der Waals surface area contributed by atoms with Gasteiger partial charge in [-0.05, 0) is 32.9 Å². The Labute approximate surface area is 117 Å². The van der Waals surface area contributed by atoms with Gasteiger partial charge in [-0.3, -0.25) is 4.68 Å². The Hall–Kier alpha value is -2.37. The minimum Gasteiger partial charge on any atom is -0.364 e. The molecule has 0 aliphatic carbocycles. The fourth-order valence-electron chi connectivity index (χ4n) is 2.38. The van der Waals surface area contributed by atoms with Crippen LogP contribution in [0, 0.1) is 13.8 Å². The largest absolute Gasteiger partial charge is 0.364 e. The molecule has 0 saturated carbocycles. The average Bonchev–Trinajstić information content (AvgIpc) is 2.97. The van der Waals surface area contributed by atoms with E-state index in [4.69, 9.17) is 0 Å². The molecule has 3 rings (SSSR count). The molecule has 6 nitrogen and oxygen atoms in total. The summed E-state index contributed by atoms with van der Waals surface area (Å²) in [7, 11) is 0. The Morgan fingerprint density at radius 3 is 2.95 bits per heavy atom. The molecular formula is C14H18N6. The van der Waals surface area contributed by atoms with Gasteiger partial charge >= 0.3 is 0 Å². The number of hydrogen-bond acceptors (Lipinski definition) is 4. The van der Waals surface area contributed by atoms with E-state index in [2.05, 4.69) is 45.3 Å². The lowest BCUT2D eigenvalue weighted by atomic mass is 10.3. The maximum Gasteiger partial charge on any atom is 0.154 e. The summed E-state index contributed by atoms with van der Waals surface area (Å²) in [5.74, 6) is 0.828. The predicted octanol–water partition coefficient (Wildman–Crippen LogP) is 2.27. The molecule has 3 aromatic rings. The number of H-pyrrole nitrogens is 1. The van der Waals surface area contributed by atoms with E-state index in [1.165, 1.54) is 5.69 Å². The van der Waals surface area contributed by atoms with Gasteiger partial charge in [0, 0.05) is 17.9 Å². The van der Waals surface area contributed by atoms with Crippen molar-refractivity contribution in [1.29, 1.82) is 0 Å². The molecule has 1 unspecified atom stereocenters. The van der Waals surface area contributed by atoms with Gasteiger partial charge in [0.05, 0.1) is 17.8 Å². The molecule has 3 aromatic heterocycles. The van der Waals surface area contributed by atoms with Crippen molar-refractivity contribution in [3.63, 3.8) is 0 Å². The van der Waals surface area contributed by atoms with Gasteiger partial charge in [0.2, 0.25) is 0 Å². The SMILES string of the molecule is Cc1cc(C)n(CC(C)Nc2ncnc3cc[nH]c23)n1. The van der Waals surface area contributed by atoms with Crippen molar-refractivity contribution in [2.24, 2.45) is 0 Å². The van der Waals surface area contributed by atoms with E-state index in [1.807, 2.05) is 23.9 Å². The zero-order valence-electron chi connectivity index (χ0n) is 11.9. The van der Waals surface area contributed by atoms with Crippen LogP contribution in [0.5, 0.6) is 0 Å². The third kappa shape index (κ3) is 2.36. The summed E-state index contributed by atoms with van der Waals surface area (Å²) in [4.78, 5) is 11.7. The van der Waals surface area contributed by atoms with Crippen LogP contribution in [0.3, 0.4) is 0 Å². The predicted molar refractivity (Wildman–Crippen MR) is 78.7 cm³/mol. The lowest BCUT2D eigenvalue weighted by molar-refractivity contribution is 0.545. The molecule has 20 heavy (non-hydrogen) atoms. The fraction of sp³-hybridized carbons (Fsp3) is 0.357. The molecule has 3 heterocycles. The molecule has 6 heteroatoms. The lowest BCUT2D eigenvalue weighted by Crippen LogP contribution is -2.24. The van der Waals surface area contributed by atoms with E-state index in [9.17, 15) is 0 Å². The summed E-state index contributed by atoms with van der Waals surface area (Å²) in [5.41, 5.74) is 4.07. The van der Waals surface area contributed by atoms with E-state index in [-0.39, 0.29) is 6.04 Å². The van der Waals surface area contributed by atoms with Crippen molar-refractivity contribution in [3.05, 3.63) is 36.0 Å². The van der Waals surface area contributed by atoms with Crippen molar-refractivity contribution >= 4 is 16.9 Å². The Morgan fingerprint density at radius 1 is 1.35 bits per heavy atom. The Kier molecular flexibility index (Phi) is 3.14. The van der Waals surface area contributed by atoms with Crippen LogP contribution in [0.15, 0.2) is 24.7 Å². The Morgan fingerprint density at radius 2 is 2.20 bits per heavy atom. The third-order valence-electron chi connectivity index (χ3n) is 3.28. The molecule has 0 saturated heterocycles. The normalized spacial score (nSPS) is 12.8. The van der Waals surface area contributed by atoms with Crippen molar-refractivity contribution in [1.82, 2.24) is 24.7 Å². The summed E-state index contributed by atoms with van der Waals surface area (Å²) in [6.07, 6.45) is 3.45. The zero-order valence-corrected chi connectivity index (χ0v) is 11.9. The zero-order chi connectivity index (χ0) is 14.1. The number of aromatic amines is 1. The number of nitrogens with one attached hydrogen (secondary N) is 2. The van der Waals surface area contributed by atoms with Gasteiger partial charge in [0.1, 0.15) is 11.8 Å². The highest BCUT2D eigenvalue weighted by atomic mass is 15.3. The van der Waals surface area contributed by atoms with Crippen LogP contribution in [0.25, 0.3) is 11.0 Å². The molecule has 0 fully saturated rings. The van der Waals surface area contributed by atoms with Gasteiger partial charge in [-0.15, -0.1) is 0 Å². The fourth-order valence-corrected chi connectivity index (χ4v) is 2.38. The van der Waals surface area contributed by atoms with E-state index in [0.717, 1.165) is 29.1 Å². The lowest BCUT2D eigenvalue weighted by Gasteiger charge is -2.15. The first-order chi connectivity index (χ1) is 9.63. The third-order valence-corrected chi connectivity index (χ3v) is 3.28. The molecule has 0 bridgehead atoms. The Bertz CT molecular complexity index is 726. The van der Waals surface area contributed by atoms with Crippen LogP contribution < -0.4 is 5.32 Å². The highest BCUT2D eigenvalue weighted by molar-refractivity contribution is 5.85. The van der Waals surface area contributed by atoms with Crippen LogP contribution >= 0.6 is 0 Å². The summed E-state index contributed by atoms with van der Waals surface area (Å²) >= 11 is 0. The van der Waals surface area contributed by atoms with E-state index >= 15 is 0 Å². The van der Waals surface area contributed by atoms with Crippen molar-refractivity contribution in [3.8, 4) is 0 Å². The van der Waals surface area contributed by atoms with Crippen LogP contribution in [0.2, 0.25) is 0 Å². The smallest absolute Gasteiger partial charge is 0.154 e. The molecule has 0 spiro atoms. The van der Waals surface area contributed by atoms with Crippen LogP contribution in [-0.4, -0.2) is 30.8 Å². The van der Waals surface area contributed by atoms with E-state index < -0.39 is 0 Å². The highest BCUT2D eigenvalue weighted by Crippen LogP contribution is 2.17. The van der Waals surface area contributed by atoms with Crippen LogP contribution in [0.4, 0.5) is 5.82 Å². The number of aryl methyl sites for hydroxylation is 2. The first-order valence-electron chi connectivity index (χ1n) is 6.69. The van der Waals surface area contributed by atoms with Gasteiger partial charge in [-0.2, -0.15) is 5.10 Å². The molecule has 2 N–H and O–H groups in total. The molecular weight excluding hydrogens is 252 g/mol. The van der Waals surface area contributed by atoms with Crippen molar-refractivity contribution in [2.75, 3.05) is 5.32 Å². The minimum absolute atomic E-state index is 0.217. The van der Waals surface area contributed by atoms with Crippen LogP contribution in [0.1, 0.15) is 18.3 Å². The second kappa shape index (κ2) is 4.96. The summed E-state index contributed by atoms with van der Waals surface area (Å²) in [6, 6.07) is 4.24. The van der Waals surface area contributed by atoms with E-state index in [0.29, 0.717) is 0 Å². The van der Waals surface area contributed by atoms with E-state index in [1.54, 1.807) is 6.33 Å². The molecule has 1 atom stereocenters. The van der Waals surface area contributed by atoms with Gasteiger partial charge in [0.25, 0.3) is 0 Å². The second-order valence-corrected chi connectivity index (χ2v) is 5.11. The quantitative estimate of drug-likeness (QED) is 0.763. The molecule has 0 aliphatic heterocycles. The van der Waals surface area contributed by atoms with Gasteiger partial charge < -0.3 is 10.3 Å². The first kappa shape index (κ1) is 12.7. The van der Waals surface area contributed by atoms with Crippen molar-refractivity contribution in [2.45, 2.75) is 33.4 Å². The molecule has 0 aliphatic rings. The number of rotatable bonds is 4. The first-order valence-corrected chi connectivity index (χ1v) is 6.69. The minimum atomic E-state index is 0.217. The number of hydrogen-bond donors (Lipinski definition) is 2. The molecule has 0 aromatic carbocycles. The summed E-state index contributed by atoms with van der Waals surface area (Å²) in [6.45, 7) is 6.99. The second-order valence-electron chi connectivity index (χ2n) is 5.11. The number of anilines is 1. The summed E-state index contributed by atoms with van der Waals surface area (Å²) in [5, 5.41) is 7.89. The number of aromatic nitrogens is 5. The monoisotopic (exact) mass is 270 g/mol. The maximum atomic E-state index is 4.48. The average molecular weight is 270 g/mol. The van der Waals surface area contributed by atoms with Crippen LogP contribution in [-0.2, 0) is 6.54 Å². The molecule has 0 amide bonds. The molecule has 104 valence electrons. The Balaban J connectivity index is 1.77.